The molecule has 2 nitrogen and oxygen atoms in total. The zero-order valence-electron chi connectivity index (χ0n) is 6.11. The van der Waals surface area contributed by atoms with Gasteiger partial charge in [-0.15, -0.1) is 0 Å². The molecule has 58 valence electrons. The van der Waals surface area contributed by atoms with Crippen molar-refractivity contribution in [1.29, 1.82) is 0 Å². The van der Waals surface area contributed by atoms with Gasteiger partial charge in [0.25, 0.3) is 0 Å². The highest BCUT2D eigenvalue weighted by atomic mass is 79.9. The van der Waals surface area contributed by atoms with E-state index < -0.39 is 5.97 Å². The molecule has 0 aliphatic rings. The van der Waals surface area contributed by atoms with Crippen molar-refractivity contribution < 1.29 is 9.90 Å². The fraction of sp³-hybridized carbons (Fsp3) is 0.571. The van der Waals surface area contributed by atoms with E-state index in [4.69, 9.17) is 0 Å². The van der Waals surface area contributed by atoms with E-state index in [1.165, 1.54) is 0 Å². The number of hydrogen-bond acceptors (Lipinski definition) is 2. The van der Waals surface area contributed by atoms with Crippen LogP contribution in [0.25, 0.3) is 0 Å². The molecule has 0 aromatic heterocycles. The van der Waals surface area contributed by atoms with Crippen LogP contribution in [0.15, 0.2) is 11.1 Å². The van der Waals surface area contributed by atoms with Gasteiger partial charge in [-0.3, -0.25) is 0 Å². The Morgan fingerprint density at radius 1 is 1.60 bits per heavy atom. The summed E-state index contributed by atoms with van der Waals surface area (Å²) < 4.78 is 0. The molecule has 0 saturated heterocycles. The lowest BCUT2D eigenvalue weighted by Crippen LogP contribution is -2.25. The number of carbonyl (C=O) groups is 1. The van der Waals surface area contributed by atoms with E-state index in [2.05, 4.69) is 15.9 Å². The van der Waals surface area contributed by atoms with Crippen molar-refractivity contribution in [2.75, 3.05) is 5.33 Å². The minimum Gasteiger partial charge on any atom is -0.545 e. The lowest BCUT2D eigenvalue weighted by Gasteiger charge is -2.08. The first-order valence-electron chi connectivity index (χ1n) is 3.09. The van der Waals surface area contributed by atoms with E-state index >= 15 is 0 Å². The molecule has 0 aromatic rings. The van der Waals surface area contributed by atoms with Crippen molar-refractivity contribution in [2.24, 2.45) is 0 Å². The highest BCUT2D eigenvalue weighted by Crippen LogP contribution is 2.09. The SMILES string of the molecule is CCC(C(=O)[O-])=C(C)CBr. The highest BCUT2D eigenvalue weighted by molar-refractivity contribution is 9.09. The third-order valence-corrected chi connectivity index (χ3v) is 2.16. The molecule has 0 spiro atoms. The van der Waals surface area contributed by atoms with Crippen molar-refractivity contribution in [1.82, 2.24) is 0 Å². The van der Waals surface area contributed by atoms with Gasteiger partial charge in [0.2, 0.25) is 0 Å². The third-order valence-electron chi connectivity index (χ3n) is 1.32. The minimum atomic E-state index is -1.06. The van der Waals surface area contributed by atoms with Crippen LogP contribution in [0.1, 0.15) is 20.3 Å². The molecule has 3 heteroatoms. The molecule has 0 fully saturated rings. The van der Waals surface area contributed by atoms with Crippen LogP contribution in [-0.2, 0) is 4.79 Å². The van der Waals surface area contributed by atoms with Crippen LogP contribution >= 0.6 is 15.9 Å². The summed E-state index contributed by atoms with van der Waals surface area (Å²) in [6.45, 7) is 3.58. The van der Waals surface area contributed by atoms with Gasteiger partial charge < -0.3 is 9.90 Å². The summed E-state index contributed by atoms with van der Waals surface area (Å²) in [5.41, 5.74) is 1.24. The van der Waals surface area contributed by atoms with Gasteiger partial charge in [-0.25, -0.2) is 0 Å². The Morgan fingerprint density at radius 2 is 2.10 bits per heavy atom. The fourth-order valence-electron chi connectivity index (χ4n) is 0.701. The second-order valence-corrected chi connectivity index (χ2v) is 2.59. The number of carbonyl (C=O) groups excluding carboxylic acids is 1. The Kier molecular flexibility index (Phi) is 4.36. The topological polar surface area (TPSA) is 40.1 Å². The molecule has 0 aliphatic heterocycles. The molecule has 0 atom stereocenters. The molecule has 0 aliphatic carbocycles. The van der Waals surface area contributed by atoms with Crippen LogP contribution in [0, 0.1) is 0 Å². The summed E-state index contributed by atoms with van der Waals surface area (Å²) in [7, 11) is 0. The molecule has 0 bridgehead atoms. The Bertz CT molecular complexity index is 161. The average Bonchev–Trinajstić information content (AvgIpc) is 1.88. The van der Waals surface area contributed by atoms with Crippen LogP contribution in [0.4, 0.5) is 0 Å². The number of aliphatic carboxylic acids is 1. The first-order chi connectivity index (χ1) is 4.63. The summed E-state index contributed by atoms with van der Waals surface area (Å²) >= 11 is 3.18. The second-order valence-electron chi connectivity index (χ2n) is 2.03. The maximum absolute atomic E-state index is 10.3. The summed E-state index contributed by atoms with van der Waals surface area (Å²) in [4.78, 5) is 10.3. The molecule has 0 radical (unpaired) electrons. The highest BCUT2D eigenvalue weighted by Gasteiger charge is 1.98. The van der Waals surface area contributed by atoms with E-state index in [-0.39, 0.29) is 0 Å². The Hall–Kier alpha value is -0.310. The first-order valence-corrected chi connectivity index (χ1v) is 4.21. The summed E-state index contributed by atoms with van der Waals surface area (Å²) in [6.07, 6.45) is 0.528. The largest absolute Gasteiger partial charge is 0.545 e. The quantitative estimate of drug-likeness (QED) is 0.507. The zero-order chi connectivity index (χ0) is 8.15. The van der Waals surface area contributed by atoms with Gasteiger partial charge >= 0.3 is 0 Å². The van der Waals surface area contributed by atoms with Gasteiger partial charge in [-0.2, -0.15) is 0 Å². The predicted molar refractivity (Wildman–Crippen MR) is 41.8 cm³/mol. The number of alkyl halides is 1. The van der Waals surface area contributed by atoms with Crippen molar-refractivity contribution in [3.8, 4) is 0 Å². The van der Waals surface area contributed by atoms with Crippen molar-refractivity contribution in [3.63, 3.8) is 0 Å². The molecule has 0 saturated carbocycles. The Balaban J connectivity index is 4.45. The van der Waals surface area contributed by atoms with E-state index in [0.29, 0.717) is 17.3 Å². The van der Waals surface area contributed by atoms with E-state index in [9.17, 15) is 9.90 Å². The van der Waals surface area contributed by atoms with Crippen molar-refractivity contribution >= 4 is 21.9 Å². The average molecular weight is 206 g/mol. The molecule has 0 amide bonds. The number of carboxylic acid groups (broad SMARTS) is 1. The molecule has 0 aromatic carbocycles. The third kappa shape index (κ3) is 2.52. The van der Waals surface area contributed by atoms with Gasteiger partial charge in [0.05, 0.1) is 5.97 Å². The predicted octanol–water partition coefficient (Wildman–Crippen LogP) is 0.858. The Morgan fingerprint density at radius 3 is 2.20 bits per heavy atom. The van der Waals surface area contributed by atoms with E-state index in [0.717, 1.165) is 5.57 Å². The lowest BCUT2D eigenvalue weighted by molar-refractivity contribution is -0.299. The smallest absolute Gasteiger partial charge is 0.0674 e. The monoisotopic (exact) mass is 205 g/mol. The van der Waals surface area contributed by atoms with Gasteiger partial charge in [-0.05, 0) is 18.9 Å². The molecule has 0 unspecified atom stereocenters. The number of hydrogen-bond donors (Lipinski definition) is 0. The molecule has 10 heavy (non-hydrogen) atoms. The van der Waals surface area contributed by atoms with Gasteiger partial charge in [-0.1, -0.05) is 28.4 Å². The number of carboxylic acids is 1. The zero-order valence-corrected chi connectivity index (χ0v) is 7.69. The van der Waals surface area contributed by atoms with Gasteiger partial charge in [0, 0.05) is 5.33 Å². The molecular formula is C7H10BrO2-. The summed E-state index contributed by atoms with van der Waals surface area (Å²) in [6, 6.07) is 0. The van der Waals surface area contributed by atoms with E-state index in [1.807, 2.05) is 0 Å². The van der Waals surface area contributed by atoms with Crippen molar-refractivity contribution in [3.05, 3.63) is 11.1 Å². The maximum Gasteiger partial charge on any atom is 0.0674 e. The second kappa shape index (κ2) is 4.50. The van der Waals surface area contributed by atoms with Crippen LogP contribution in [0.2, 0.25) is 0 Å². The molecule has 0 rings (SSSR count). The van der Waals surface area contributed by atoms with Gasteiger partial charge in [0.1, 0.15) is 0 Å². The summed E-state index contributed by atoms with van der Waals surface area (Å²) in [5, 5.41) is 10.9. The Labute approximate surface area is 69.1 Å². The lowest BCUT2D eigenvalue weighted by atomic mass is 10.1. The van der Waals surface area contributed by atoms with Gasteiger partial charge in [0.15, 0.2) is 0 Å². The molecule has 0 heterocycles. The van der Waals surface area contributed by atoms with Crippen LogP contribution in [0.5, 0.6) is 0 Å². The standard InChI is InChI=1S/C7H11BrO2/c1-3-6(7(9)10)5(2)4-8/h3-4H2,1-2H3,(H,9,10)/p-1. The van der Waals surface area contributed by atoms with E-state index in [1.54, 1.807) is 13.8 Å². The minimum absolute atomic E-state index is 0.400. The van der Waals surface area contributed by atoms with Crippen molar-refractivity contribution in [2.45, 2.75) is 20.3 Å². The van der Waals surface area contributed by atoms with Crippen LogP contribution in [-0.4, -0.2) is 11.3 Å². The maximum atomic E-state index is 10.3. The molecular weight excluding hydrogens is 196 g/mol. The first kappa shape index (κ1) is 9.69. The van der Waals surface area contributed by atoms with Crippen LogP contribution < -0.4 is 5.11 Å². The fourth-order valence-corrected chi connectivity index (χ4v) is 1.04. The van der Waals surface area contributed by atoms with Crippen LogP contribution in [0.3, 0.4) is 0 Å². The number of rotatable bonds is 3. The number of halogens is 1. The normalized spacial score (nSPS) is 12.7. The number of allylic oxidation sites excluding steroid dienone is 1. The molecule has 0 N–H and O–H groups in total. The summed E-state index contributed by atoms with van der Waals surface area (Å²) in [5.74, 6) is -1.06.